The number of halogens is 2. The van der Waals surface area contributed by atoms with Gasteiger partial charge in [-0.15, -0.1) is 0 Å². The van der Waals surface area contributed by atoms with Gasteiger partial charge in [-0.1, -0.05) is 17.9 Å². The molecule has 0 saturated heterocycles. The van der Waals surface area contributed by atoms with Gasteiger partial charge in [0.1, 0.15) is 5.75 Å². The molecule has 0 aliphatic rings. The molecule has 17 heavy (non-hydrogen) atoms. The van der Waals surface area contributed by atoms with Gasteiger partial charge in [0.05, 0.1) is 6.54 Å². The van der Waals surface area contributed by atoms with E-state index >= 15 is 0 Å². The molecule has 0 aliphatic heterocycles. The number of alkyl halides is 2. The molecule has 3 nitrogen and oxygen atoms in total. The van der Waals surface area contributed by atoms with Crippen LogP contribution in [0.25, 0.3) is 0 Å². The van der Waals surface area contributed by atoms with Crippen LogP contribution in [0.2, 0.25) is 0 Å². The standard InChI is InChI=1S/C12H11F2NO2/c1-9(16)15-7-3-5-10-4-2-6-11(8-10)17-12(13)14/h2,4,6,8,12H,7H2,1H3,(H,15,16). The maximum absolute atomic E-state index is 11.9. The molecule has 1 aromatic carbocycles. The van der Waals surface area contributed by atoms with Crippen LogP contribution in [0, 0.1) is 11.8 Å². The topological polar surface area (TPSA) is 38.3 Å². The summed E-state index contributed by atoms with van der Waals surface area (Å²) in [6.45, 7) is -1.24. The Morgan fingerprint density at radius 3 is 2.94 bits per heavy atom. The molecular weight excluding hydrogens is 228 g/mol. The fraction of sp³-hybridized carbons (Fsp3) is 0.250. The quantitative estimate of drug-likeness (QED) is 0.816. The third-order valence-electron chi connectivity index (χ3n) is 1.72. The van der Waals surface area contributed by atoms with Crippen molar-refractivity contribution >= 4 is 5.91 Å². The molecule has 0 spiro atoms. The fourth-order valence-electron chi connectivity index (χ4n) is 1.06. The van der Waals surface area contributed by atoms with Gasteiger partial charge in [0, 0.05) is 12.5 Å². The van der Waals surface area contributed by atoms with Crippen molar-refractivity contribution in [2.75, 3.05) is 6.54 Å². The highest BCUT2D eigenvalue weighted by Gasteiger charge is 2.03. The average Bonchev–Trinajstić information content (AvgIpc) is 2.24. The first kappa shape index (κ1) is 13.0. The molecular formula is C12H11F2NO2. The molecule has 1 amide bonds. The van der Waals surface area contributed by atoms with Crippen LogP contribution in [0.3, 0.4) is 0 Å². The molecule has 1 N–H and O–H groups in total. The van der Waals surface area contributed by atoms with Gasteiger partial charge in [0.15, 0.2) is 0 Å². The summed E-state index contributed by atoms with van der Waals surface area (Å²) >= 11 is 0. The van der Waals surface area contributed by atoms with Crippen molar-refractivity contribution in [1.29, 1.82) is 0 Å². The van der Waals surface area contributed by atoms with Gasteiger partial charge in [-0.2, -0.15) is 8.78 Å². The molecule has 0 aliphatic carbocycles. The monoisotopic (exact) mass is 239 g/mol. The fourth-order valence-corrected chi connectivity index (χ4v) is 1.06. The molecule has 0 radical (unpaired) electrons. The van der Waals surface area contributed by atoms with Gasteiger partial charge < -0.3 is 10.1 Å². The van der Waals surface area contributed by atoms with Gasteiger partial charge in [-0.05, 0) is 18.2 Å². The van der Waals surface area contributed by atoms with E-state index in [2.05, 4.69) is 21.9 Å². The first-order valence-electron chi connectivity index (χ1n) is 4.86. The lowest BCUT2D eigenvalue weighted by molar-refractivity contribution is -0.118. The van der Waals surface area contributed by atoms with E-state index in [9.17, 15) is 13.6 Å². The first-order valence-corrected chi connectivity index (χ1v) is 4.86. The van der Waals surface area contributed by atoms with Gasteiger partial charge in [0.25, 0.3) is 0 Å². The molecule has 0 bridgehead atoms. The number of nitrogens with one attached hydrogen (secondary N) is 1. The van der Waals surface area contributed by atoms with E-state index in [0.29, 0.717) is 5.56 Å². The second-order valence-corrected chi connectivity index (χ2v) is 3.12. The molecule has 90 valence electrons. The summed E-state index contributed by atoms with van der Waals surface area (Å²) < 4.78 is 28.1. The first-order chi connectivity index (χ1) is 8.08. The van der Waals surface area contributed by atoms with Gasteiger partial charge >= 0.3 is 6.61 Å². The number of amides is 1. The Bertz CT molecular complexity index is 449. The number of rotatable bonds is 3. The molecule has 0 fully saturated rings. The Kier molecular flexibility index (Phi) is 4.95. The summed E-state index contributed by atoms with van der Waals surface area (Å²) in [4.78, 5) is 10.5. The van der Waals surface area contributed by atoms with Crippen molar-refractivity contribution in [3.63, 3.8) is 0 Å². The highest BCUT2D eigenvalue weighted by atomic mass is 19.3. The van der Waals surface area contributed by atoms with E-state index < -0.39 is 6.61 Å². The molecule has 0 heterocycles. The summed E-state index contributed by atoms with van der Waals surface area (Å²) in [5.74, 6) is 5.30. The molecule has 1 rings (SSSR count). The van der Waals surface area contributed by atoms with Crippen LogP contribution in [-0.2, 0) is 4.79 Å². The van der Waals surface area contributed by atoms with Crippen molar-refractivity contribution in [3.8, 4) is 17.6 Å². The summed E-state index contributed by atoms with van der Waals surface area (Å²) in [6.07, 6.45) is 0. The number of hydrogen-bond acceptors (Lipinski definition) is 2. The molecule has 0 aromatic heterocycles. The number of hydrogen-bond donors (Lipinski definition) is 1. The molecule has 0 atom stereocenters. The number of benzene rings is 1. The SMILES string of the molecule is CC(=O)NCC#Cc1cccc(OC(F)F)c1. The Morgan fingerprint density at radius 2 is 2.29 bits per heavy atom. The van der Waals surface area contributed by atoms with E-state index in [0.717, 1.165) is 0 Å². The smallest absolute Gasteiger partial charge is 0.387 e. The van der Waals surface area contributed by atoms with Gasteiger partial charge in [-0.25, -0.2) is 0 Å². The number of ether oxygens (including phenoxy) is 1. The highest BCUT2D eigenvalue weighted by molar-refractivity contribution is 5.73. The van der Waals surface area contributed by atoms with Crippen LogP contribution >= 0.6 is 0 Å². The lowest BCUT2D eigenvalue weighted by atomic mass is 10.2. The summed E-state index contributed by atoms with van der Waals surface area (Å²) in [7, 11) is 0. The second kappa shape index (κ2) is 6.48. The van der Waals surface area contributed by atoms with E-state index in [4.69, 9.17) is 0 Å². The molecule has 0 unspecified atom stereocenters. The van der Waals surface area contributed by atoms with Crippen molar-refractivity contribution in [3.05, 3.63) is 29.8 Å². The highest BCUT2D eigenvalue weighted by Crippen LogP contribution is 2.14. The van der Waals surface area contributed by atoms with Crippen molar-refractivity contribution in [2.24, 2.45) is 0 Å². The van der Waals surface area contributed by atoms with Crippen LogP contribution in [0.1, 0.15) is 12.5 Å². The molecule has 1 aromatic rings. The Labute approximate surface area is 97.8 Å². The minimum Gasteiger partial charge on any atom is -0.435 e. The normalized spacial score (nSPS) is 9.41. The van der Waals surface area contributed by atoms with Gasteiger partial charge in [-0.3, -0.25) is 4.79 Å². The predicted octanol–water partition coefficient (Wildman–Crippen LogP) is 1.78. The van der Waals surface area contributed by atoms with Gasteiger partial charge in [0.2, 0.25) is 5.91 Å². The van der Waals surface area contributed by atoms with E-state index in [1.54, 1.807) is 12.1 Å². The van der Waals surface area contributed by atoms with E-state index in [1.165, 1.54) is 19.1 Å². The zero-order valence-electron chi connectivity index (χ0n) is 9.17. The van der Waals surface area contributed by atoms with Crippen molar-refractivity contribution < 1.29 is 18.3 Å². The van der Waals surface area contributed by atoms with Crippen LogP contribution in [0.4, 0.5) is 8.78 Å². The zero-order chi connectivity index (χ0) is 12.7. The average molecular weight is 239 g/mol. The number of carbonyl (C=O) groups excluding carboxylic acids is 1. The van der Waals surface area contributed by atoms with Crippen molar-refractivity contribution in [1.82, 2.24) is 5.32 Å². The summed E-state index contributed by atoms with van der Waals surface area (Å²) in [5.41, 5.74) is 0.550. The maximum atomic E-state index is 11.9. The maximum Gasteiger partial charge on any atom is 0.387 e. The molecule has 5 heteroatoms. The van der Waals surface area contributed by atoms with E-state index in [1.807, 2.05) is 0 Å². The Balaban J connectivity index is 2.61. The Hall–Kier alpha value is -2.09. The van der Waals surface area contributed by atoms with Crippen LogP contribution in [0.5, 0.6) is 5.75 Å². The summed E-state index contributed by atoms with van der Waals surface area (Å²) in [5, 5.41) is 2.50. The minimum absolute atomic E-state index is 0.0614. The molecule has 0 saturated carbocycles. The lowest BCUT2D eigenvalue weighted by Crippen LogP contribution is -2.19. The third kappa shape index (κ3) is 5.52. The van der Waals surface area contributed by atoms with E-state index in [-0.39, 0.29) is 18.2 Å². The van der Waals surface area contributed by atoms with Crippen LogP contribution in [0.15, 0.2) is 24.3 Å². The van der Waals surface area contributed by atoms with Crippen molar-refractivity contribution in [2.45, 2.75) is 13.5 Å². The third-order valence-corrected chi connectivity index (χ3v) is 1.72. The Morgan fingerprint density at radius 1 is 1.53 bits per heavy atom. The second-order valence-electron chi connectivity index (χ2n) is 3.12. The number of carbonyl (C=O) groups is 1. The predicted molar refractivity (Wildman–Crippen MR) is 58.6 cm³/mol. The van der Waals surface area contributed by atoms with Crippen LogP contribution in [-0.4, -0.2) is 19.1 Å². The lowest BCUT2D eigenvalue weighted by Gasteiger charge is -2.03. The zero-order valence-corrected chi connectivity index (χ0v) is 9.17. The largest absolute Gasteiger partial charge is 0.435 e. The van der Waals surface area contributed by atoms with Crippen LogP contribution < -0.4 is 10.1 Å². The summed E-state index contributed by atoms with van der Waals surface area (Å²) in [6, 6.07) is 6.07. The minimum atomic E-state index is -2.85.